The van der Waals surface area contributed by atoms with Crippen molar-refractivity contribution in [2.24, 2.45) is 0 Å². The molecule has 9 heteroatoms. The average molecular weight is 404 g/mol. The minimum atomic E-state index is -3.27. The van der Waals surface area contributed by atoms with E-state index >= 15 is 0 Å². The molecule has 0 saturated carbocycles. The first kappa shape index (κ1) is 17.7. The Bertz CT molecular complexity index is 1140. The van der Waals surface area contributed by atoms with Crippen LogP contribution in [0.3, 0.4) is 0 Å². The van der Waals surface area contributed by atoms with Gasteiger partial charge < -0.3 is 14.8 Å². The van der Waals surface area contributed by atoms with Gasteiger partial charge in [0.05, 0.1) is 21.7 Å². The van der Waals surface area contributed by atoms with Gasteiger partial charge in [0.25, 0.3) is 0 Å². The Morgan fingerprint density at radius 2 is 1.93 bits per heavy atom. The lowest BCUT2D eigenvalue weighted by Gasteiger charge is -2.18. The van der Waals surface area contributed by atoms with E-state index in [1.54, 1.807) is 30.3 Å². The number of hydrogen-bond acceptors (Lipinski definition) is 8. The van der Waals surface area contributed by atoms with Gasteiger partial charge in [0, 0.05) is 11.8 Å². The minimum absolute atomic E-state index is 0.0679. The van der Waals surface area contributed by atoms with Crippen LogP contribution >= 0.6 is 11.3 Å². The molecule has 0 unspecified atom stereocenters. The van der Waals surface area contributed by atoms with Crippen LogP contribution < -0.4 is 14.8 Å². The summed E-state index contributed by atoms with van der Waals surface area (Å²) in [7, 11) is -3.27. The van der Waals surface area contributed by atoms with Crippen molar-refractivity contribution in [3.05, 3.63) is 42.0 Å². The van der Waals surface area contributed by atoms with Gasteiger partial charge in [0.1, 0.15) is 13.2 Å². The van der Waals surface area contributed by atoms with Gasteiger partial charge in [-0.3, -0.25) is 4.79 Å². The maximum absolute atomic E-state index is 12.4. The average Bonchev–Trinajstić information content (AvgIpc) is 3.07. The Kier molecular flexibility index (Phi) is 4.48. The number of nitrogens with zero attached hydrogens (tertiary/aromatic N) is 1. The van der Waals surface area contributed by atoms with Gasteiger partial charge in [-0.2, -0.15) is 0 Å². The molecule has 1 aromatic heterocycles. The number of anilines is 1. The number of ketones is 1. The van der Waals surface area contributed by atoms with Gasteiger partial charge in [-0.15, -0.1) is 0 Å². The molecule has 1 N–H and O–H groups in total. The summed E-state index contributed by atoms with van der Waals surface area (Å²) in [4.78, 5) is 17.1. The van der Waals surface area contributed by atoms with E-state index in [9.17, 15) is 13.2 Å². The highest BCUT2D eigenvalue weighted by Gasteiger charge is 2.16. The fourth-order valence-corrected chi connectivity index (χ4v) is 4.31. The third kappa shape index (κ3) is 3.74. The number of carbonyl (C=O) groups excluding carboxylic acids is 1. The van der Waals surface area contributed by atoms with Crippen molar-refractivity contribution >= 4 is 42.3 Å². The van der Waals surface area contributed by atoms with Gasteiger partial charge >= 0.3 is 0 Å². The lowest BCUT2D eigenvalue weighted by atomic mass is 10.1. The third-order valence-electron chi connectivity index (χ3n) is 4.05. The lowest BCUT2D eigenvalue weighted by Crippen LogP contribution is -2.17. The Morgan fingerprint density at radius 1 is 1.15 bits per heavy atom. The summed E-state index contributed by atoms with van der Waals surface area (Å²) in [6.45, 7) is 1.03. The predicted octanol–water partition coefficient (Wildman–Crippen LogP) is 2.77. The molecule has 3 aromatic rings. The SMILES string of the molecule is CS(=O)(=O)c1ccc2nc(NCC(=O)c3ccc4c(c3)OCCO4)sc2c1. The van der Waals surface area contributed by atoms with Gasteiger partial charge in [-0.1, -0.05) is 11.3 Å². The second kappa shape index (κ2) is 6.82. The van der Waals surface area contributed by atoms with Gasteiger partial charge in [0.15, 0.2) is 32.3 Å². The Balaban J connectivity index is 1.49. The quantitative estimate of drug-likeness (QED) is 0.654. The molecule has 0 aliphatic carbocycles. The summed E-state index contributed by atoms with van der Waals surface area (Å²) in [5.41, 5.74) is 1.20. The first-order valence-electron chi connectivity index (χ1n) is 8.17. The zero-order valence-corrected chi connectivity index (χ0v) is 16.0. The number of sulfone groups is 1. The minimum Gasteiger partial charge on any atom is -0.486 e. The normalized spacial score (nSPS) is 13.5. The van der Waals surface area contributed by atoms with E-state index in [0.717, 1.165) is 4.70 Å². The maximum atomic E-state index is 12.4. The van der Waals surface area contributed by atoms with Crippen LogP contribution in [-0.2, 0) is 9.84 Å². The zero-order valence-electron chi connectivity index (χ0n) is 14.4. The zero-order chi connectivity index (χ0) is 19.0. The molecule has 2 aromatic carbocycles. The summed E-state index contributed by atoms with van der Waals surface area (Å²) in [6.07, 6.45) is 1.17. The van der Waals surface area contributed by atoms with E-state index in [2.05, 4.69) is 10.3 Å². The van der Waals surface area contributed by atoms with E-state index in [-0.39, 0.29) is 17.2 Å². The molecule has 0 saturated heterocycles. The molecule has 1 aliphatic rings. The van der Waals surface area contributed by atoms with Gasteiger partial charge in [-0.05, 0) is 36.4 Å². The van der Waals surface area contributed by atoms with E-state index < -0.39 is 9.84 Å². The Labute approximate surface area is 159 Å². The van der Waals surface area contributed by atoms with Crippen molar-refractivity contribution < 1.29 is 22.7 Å². The number of carbonyl (C=O) groups is 1. The van der Waals surface area contributed by atoms with Crippen LogP contribution in [0.1, 0.15) is 10.4 Å². The Morgan fingerprint density at radius 3 is 2.70 bits per heavy atom. The molecular formula is C18H16N2O5S2. The highest BCUT2D eigenvalue weighted by molar-refractivity contribution is 7.90. The second-order valence-corrected chi connectivity index (χ2v) is 9.10. The first-order chi connectivity index (χ1) is 12.9. The van der Waals surface area contributed by atoms with E-state index in [1.807, 2.05) is 0 Å². The molecule has 7 nitrogen and oxygen atoms in total. The van der Waals surface area contributed by atoms with Crippen molar-refractivity contribution in [1.29, 1.82) is 0 Å². The molecule has 140 valence electrons. The molecule has 27 heavy (non-hydrogen) atoms. The predicted molar refractivity (Wildman–Crippen MR) is 103 cm³/mol. The number of rotatable bonds is 5. The fourth-order valence-electron chi connectivity index (χ4n) is 2.69. The van der Waals surface area contributed by atoms with Crippen LogP contribution in [0.25, 0.3) is 10.2 Å². The monoisotopic (exact) mass is 404 g/mol. The number of ether oxygens (including phenoxy) is 2. The van der Waals surface area contributed by atoms with Crippen LogP contribution in [0.4, 0.5) is 5.13 Å². The molecule has 0 bridgehead atoms. The number of hydrogen-bond donors (Lipinski definition) is 1. The van der Waals surface area contributed by atoms with Crippen LogP contribution in [0.15, 0.2) is 41.3 Å². The maximum Gasteiger partial charge on any atom is 0.184 e. The standard InChI is InChI=1S/C18H16N2O5S2/c1-27(22,23)12-3-4-13-17(9-12)26-18(20-13)19-10-14(21)11-2-5-15-16(8-11)25-7-6-24-15/h2-5,8-9H,6-7,10H2,1H3,(H,19,20). The van der Waals surface area contributed by atoms with Crippen molar-refractivity contribution in [2.75, 3.05) is 31.3 Å². The van der Waals surface area contributed by atoms with Crippen LogP contribution in [-0.4, -0.2) is 45.2 Å². The van der Waals surface area contributed by atoms with Gasteiger partial charge in [0.2, 0.25) is 0 Å². The third-order valence-corrected chi connectivity index (χ3v) is 6.14. The number of thiazole rings is 1. The van der Waals surface area contributed by atoms with E-state index in [4.69, 9.17) is 9.47 Å². The topological polar surface area (TPSA) is 94.6 Å². The molecule has 0 fully saturated rings. The number of aromatic nitrogens is 1. The lowest BCUT2D eigenvalue weighted by molar-refractivity contribution is 0.100. The van der Waals surface area contributed by atoms with Crippen molar-refractivity contribution in [2.45, 2.75) is 4.90 Å². The molecule has 0 amide bonds. The highest BCUT2D eigenvalue weighted by Crippen LogP contribution is 2.31. The summed E-state index contributed by atoms with van der Waals surface area (Å²) in [6, 6.07) is 9.89. The Hall–Kier alpha value is -2.65. The first-order valence-corrected chi connectivity index (χ1v) is 10.9. The smallest absolute Gasteiger partial charge is 0.184 e. The molecule has 0 atom stereocenters. The summed E-state index contributed by atoms with van der Waals surface area (Å²) in [5.74, 6) is 1.10. The summed E-state index contributed by atoms with van der Waals surface area (Å²) in [5, 5.41) is 3.56. The molecule has 2 heterocycles. The summed E-state index contributed by atoms with van der Waals surface area (Å²) < 4.78 is 35.0. The molecule has 1 aliphatic heterocycles. The van der Waals surface area contributed by atoms with E-state index in [1.165, 1.54) is 23.7 Å². The largest absolute Gasteiger partial charge is 0.486 e. The van der Waals surface area contributed by atoms with E-state index in [0.29, 0.717) is 40.9 Å². The number of benzene rings is 2. The fraction of sp³-hybridized carbons (Fsp3) is 0.222. The van der Waals surface area contributed by atoms with Crippen LogP contribution in [0, 0.1) is 0 Å². The highest BCUT2D eigenvalue weighted by atomic mass is 32.2. The second-order valence-electron chi connectivity index (χ2n) is 6.06. The van der Waals surface area contributed by atoms with Crippen LogP contribution in [0.5, 0.6) is 11.5 Å². The molecule has 0 spiro atoms. The number of Topliss-reactive ketones (excluding diaryl/α,β-unsaturated/α-hetero) is 1. The molecule has 4 rings (SSSR count). The molecular weight excluding hydrogens is 388 g/mol. The number of fused-ring (bicyclic) bond motifs is 2. The van der Waals surface area contributed by atoms with Crippen molar-refractivity contribution in [3.63, 3.8) is 0 Å². The summed E-state index contributed by atoms with van der Waals surface area (Å²) >= 11 is 1.30. The molecule has 0 radical (unpaired) electrons. The van der Waals surface area contributed by atoms with Crippen molar-refractivity contribution in [1.82, 2.24) is 4.98 Å². The number of nitrogens with one attached hydrogen (secondary N) is 1. The van der Waals surface area contributed by atoms with Crippen molar-refractivity contribution in [3.8, 4) is 11.5 Å². The van der Waals surface area contributed by atoms with Crippen LogP contribution in [0.2, 0.25) is 0 Å². The van der Waals surface area contributed by atoms with Gasteiger partial charge in [-0.25, -0.2) is 13.4 Å².